The van der Waals surface area contributed by atoms with E-state index in [1.807, 2.05) is 6.92 Å². The molecule has 0 amide bonds. The molecule has 0 atom stereocenters. The molecule has 64 valence electrons. The molecule has 3 nitrogen and oxygen atoms in total. The third kappa shape index (κ3) is 1.64. The summed E-state index contributed by atoms with van der Waals surface area (Å²) in [5, 5.41) is 0. The highest BCUT2D eigenvalue weighted by Crippen LogP contribution is 2.17. The molecule has 12 heavy (non-hydrogen) atoms. The Bertz CT molecular complexity index is 312. The molecule has 0 unspecified atom stereocenters. The summed E-state index contributed by atoms with van der Waals surface area (Å²) in [6, 6.07) is 1.78. The summed E-state index contributed by atoms with van der Waals surface area (Å²) in [5.74, 6) is -0.409. The Hall–Kier alpha value is -0.900. The van der Waals surface area contributed by atoms with E-state index in [-0.39, 0.29) is 0 Å². The van der Waals surface area contributed by atoms with Crippen molar-refractivity contribution in [2.45, 2.75) is 6.92 Å². The molecule has 0 aliphatic carbocycles. The van der Waals surface area contributed by atoms with Crippen molar-refractivity contribution in [1.82, 2.24) is 4.98 Å². The molecule has 0 radical (unpaired) electrons. The minimum Gasteiger partial charge on any atom is -0.464 e. The number of aromatic nitrogens is 1. The van der Waals surface area contributed by atoms with Crippen LogP contribution in [0.4, 0.5) is 0 Å². The number of rotatable bonds is 1. The molecule has 4 heteroatoms. The number of nitrogens with zero attached hydrogens (tertiary/aromatic N) is 1. The molecular formula is C8H8BrNO2. The molecule has 0 saturated heterocycles. The van der Waals surface area contributed by atoms with Crippen LogP contribution in [-0.4, -0.2) is 18.1 Å². The molecule has 0 saturated carbocycles. The van der Waals surface area contributed by atoms with Crippen LogP contribution >= 0.6 is 15.9 Å². The van der Waals surface area contributed by atoms with Crippen molar-refractivity contribution in [2.75, 3.05) is 7.11 Å². The van der Waals surface area contributed by atoms with Crippen LogP contribution in [0.25, 0.3) is 0 Å². The van der Waals surface area contributed by atoms with Crippen molar-refractivity contribution < 1.29 is 9.53 Å². The third-order valence-corrected chi connectivity index (χ3v) is 2.38. The second kappa shape index (κ2) is 3.67. The number of esters is 1. The maximum atomic E-state index is 11.1. The Kier molecular flexibility index (Phi) is 2.81. The van der Waals surface area contributed by atoms with Crippen molar-refractivity contribution in [3.05, 3.63) is 28.0 Å². The average molecular weight is 230 g/mol. The van der Waals surface area contributed by atoms with E-state index >= 15 is 0 Å². The van der Waals surface area contributed by atoms with Gasteiger partial charge in [-0.3, -0.25) is 0 Å². The van der Waals surface area contributed by atoms with Crippen LogP contribution in [-0.2, 0) is 4.74 Å². The van der Waals surface area contributed by atoms with Crippen LogP contribution in [0.15, 0.2) is 16.7 Å². The number of methoxy groups -OCH3 is 1. The van der Waals surface area contributed by atoms with E-state index in [9.17, 15) is 4.79 Å². The van der Waals surface area contributed by atoms with Gasteiger partial charge in [0.05, 0.1) is 7.11 Å². The second-order valence-electron chi connectivity index (χ2n) is 2.26. The predicted octanol–water partition coefficient (Wildman–Crippen LogP) is 1.94. The van der Waals surface area contributed by atoms with Gasteiger partial charge in [0.15, 0.2) is 5.69 Å². The highest BCUT2D eigenvalue weighted by Gasteiger charge is 2.11. The Balaban J connectivity index is 3.16. The maximum absolute atomic E-state index is 11.1. The first-order valence-corrected chi connectivity index (χ1v) is 4.15. The minimum absolute atomic E-state index is 0.354. The van der Waals surface area contributed by atoms with Crippen LogP contribution in [0.3, 0.4) is 0 Å². The van der Waals surface area contributed by atoms with Crippen molar-refractivity contribution >= 4 is 21.9 Å². The Morgan fingerprint density at radius 1 is 1.67 bits per heavy atom. The molecule has 0 aliphatic rings. The first kappa shape index (κ1) is 9.19. The number of hydrogen-bond acceptors (Lipinski definition) is 3. The lowest BCUT2D eigenvalue weighted by atomic mass is 10.2. The number of carbonyl (C=O) groups excluding carboxylic acids is 1. The van der Waals surface area contributed by atoms with E-state index in [0.29, 0.717) is 5.69 Å². The maximum Gasteiger partial charge on any atom is 0.356 e. The zero-order valence-corrected chi connectivity index (χ0v) is 8.38. The van der Waals surface area contributed by atoms with E-state index in [2.05, 4.69) is 25.7 Å². The zero-order valence-electron chi connectivity index (χ0n) is 6.80. The van der Waals surface area contributed by atoms with Crippen LogP contribution in [0.1, 0.15) is 16.1 Å². The number of hydrogen-bond donors (Lipinski definition) is 0. The summed E-state index contributed by atoms with van der Waals surface area (Å²) in [6.07, 6.45) is 1.56. The van der Waals surface area contributed by atoms with E-state index in [1.165, 1.54) is 7.11 Å². The Labute approximate surface area is 78.9 Å². The fourth-order valence-electron chi connectivity index (χ4n) is 0.815. The third-order valence-electron chi connectivity index (χ3n) is 1.52. The van der Waals surface area contributed by atoms with Gasteiger partial charge in [0.1, 0.15) is 0 Å². The molecular weight excluding hydrogens is 222 g/mol. The number of ether oxygens (including phenoxy) is 1. The average Bonchev–Trinajstić information content (AvgIpc) is 2.08. The number of carbonyl (C=O) groups is 1. The van der Waals surface area contributed by atoms with Crippen LogP contribution < -0.4 is 0 Å². The molecule has 1 aromatic rings. The zero-order chi connectivity index (χ0) is 9.14. The van der Waals surface area contributed by atoms with Crippen LogP contribution in [0.5, 0.6) is 0 Å². The summed E-state index contributed by atoms with van der Waals surface area (Å²) >= 11 is 3.30. The topological polar surface area (TPSA) is 39.2 Å². The minimum atomic E-state index is -0.409. The summed E-state index contributed by atoms with van der Waals surface area (Å²) in [4.78, 5) is 15.0. The largest absolute Gasteiger partial charge is 0.464 e. The van der Waals surface area contributed by atoms with Crippen molar-refractivity contribution in [3.8, 4) is 0 Å². The standard InChI is InChI=1S/C8H8BrNO2/c1-5-6(9)3-4-10-7(5)8(11)12-2/h3-4H,1-2H3. The smallest absolute Gasteiger partial charge is 0.356 e. The highest BCUT2D eigenvalue weighted by atomic mass is 79.9. The van der Waals surface area contributed by atoms with E-state index in [4.69, 9.17) is 0 Å². The Morgan fingerprint density at radius 3 is 2.92 bits per heavy atom. The van der Waals surface area contributed by atoms with Gasteiger partial charge in [-0.15, -0.1) is 0 Å². The quantitative estimate of drug-likeness (QED) is 0.692. The van der Waals surface area contributed by atoms with Crippen LogP contribution in [0, 0.1) is 6.92 Å². The SMILES string of the molecule is COC(=O)c1nccc(Br)c1C. The highest BCUT2D eigenvalue weighted by molar-refractivity contribution is 9.10. The lowest BCUT2D eigenvalue weighted by Crippen LogP contribution is -2.06. The molecule has 0 aromatic carbocycles. The first-order chi connectivity index (χ1) is 5.66. The molecule has 0 bridgehead atoms. The number of pyridine rings is 1. The van der Waals surface area contributed by atoms with Gasteiger partial charge in [-0.1, -0.05) is 15.9 Å². The monoisotopic (exact) mass is 229 g/mol. The summed E-state index contributed by atoms with van der Waals surface area (Å²) in [5.41, 5.74) is 1.15. The molecule has 1 heterocycles. The van der Waals surface area contributed by atoms with Crippen molar-refractivity contribution in [3.63, 3.8) is 0 Å². The first-order valence-electron chi connectivity index (χ1n) is 3.36. The Morgan fingerprint density at radius 2 is 2.33 bits per heavy atom. The lowest BCUT2D eigenvalue weighted by Gasteiger charge is -2.02. The van der Waals surface area contributed by atoms with Gasteiger partial charge in [-0.05, 0) is 18.6 Å². The molecule has 1 rings (SSSR count). The number of halogens is 1. The van der Waals surface area contributed by atoms with Crippen molar-refractivity contribution in [2.24, 2.45) is 0 Å². The van der Waals surface area contributed by atoms with Gasteiger partial charge in [0, 0.05) is 10.7 Å². The van der Waals surface area contributed by atoms with Gasteiger partial charge in [-0.2, -0.15) is 0 Å². The van der Waals surface area contributed by atoms with Gasteiger partial charge in [-0.25, -0.2) is 9.78 Å². The normalized spacial score (nSPS) is 9.58. The summed E-state index contributed by atoms with van der Waals surface area (Å²) < 4.78 is 5.41. The van der Waals surface area contributed by atoms with E-state index in [1.54, 1.807) is 12.3 Å². The molecule has 1 aromatic heterocycles. The van der Waals surface area contributed by atoms with E-state index < -0.39 is 5.97 Å². The van der Waals surface area contributed by atoms with Gasteiger partial charge >= 0.3 is 5.97 Å². The van der Waals surface area contributed by atoms with Crippen molar-refractivity contribution in [1.29, 1.82) is 0 Å². The second-order valence-corrected chi connectivity index (χ2v) is 3.11. The predicted molar refractivity (Wildman–Crippen MR) is 48.0 cm³/mol. The van der Waals surface area contributed by atoms with Gasteiger partial charge in [0.2, 0.25) is 0 Å². The molecule has 0 aliphatic heterocycles. The summed E-state index contributed by atoms with van der Waals surface area (Å²) in [6.45, 7) is 1.81. The summed E-state index contributed by atoms with van der Waals surface area (Å²) in [7, 11) is 1.34. The lowest BCUT2D eigenvalue weighted by molar-refractivity contribution is 0.0593. The van der Waals surface area contributed by atoms with Crippen LogP contribution in [0.2, 0.25) is 0 Å². The molecule has 0 spiro atoms. The molecule has 0 fully saturated rings. The fourth-order valence-corrected chi connectivity index (χ4v) is 1.12. The molecule has 0 N–H and O–H groups in total. The fraction of sp³-hybridized carbons (Fsp3) is 0.250. The van der Waals surface area contributed by atoms with E-state index in [0.717, 1.165) is 10.0 Å². The van der Waals surface area contributed by atoms with Gasteiger partial charge < -0.3 is 4.74 Å². The van der Waals surface area contributed by atoms with Gasteiger partial charge in [0.25, 0.3) is 0 Å².